The lowest BCUT2D eigenvalue weighted by molar-refractivity contribution is -0.115. The number of para-hydroxylation sites is 1. The second-order valence-electron chi connectivity index (χ2n) is 5.49. The second kappa shape index (κ2) is 7.12. The van der Waals surface area contributed by atoms with E-state index in [0.717, 1.165) is 18.7 Å². The third-order valence-corrected chi connectivity index (χ3v) is 3.89. The first kappa shape index (κ1) is 16.0. The topological polar surface area (TPSA) is 56.7 Å². The summed E-state index contributed by atoms with van der Waals surface area (Å²) in [6.45, 7) is 0.918. The first-order chi connectivity index (χ1) is 11.7. The van der Waals surface area contributed by atoms with E-state index in [4.69, 9.17) is 0 Å². The highest BCUT2D eigenvalue weighted by atomic mass is 19.1. The SMILES string of the molecule is CN=C(NCC(=O)Nc1ccc(F)cc1)N1CCc2ccccc21. The maximum Gasteiger partial charge on any atom is 0.243 e. The van der Waals surface area contributed by atoms with Crippen molar-refractivity contribution in [1.82, 2.24) is 5.32 Å². The molecule has 2 aromatic carbocycles. The van der Waals surface area contributed by atoms with Gasteiger partial charge in [-0.25, -0.2) is 4.39 Å². The Hall–Kier alpha value is -2.89. The van der Waals surface area contributed by atoms with E-state index in [2.05, 4.69) is 26.6 Å². The van der Waals surface area contributed by atoms with E-state index in [0.29, 0.717) is 11.6 Å². The number of carbonyl (C=O) groups excluding carboxylic acids is 1. The minimum absolute atomic E-state index is 0.0860. The van der Waals surface area contributed by atoms with E-state index < -0.39 is 0 Å². The van der Waals surface area contributed by atoms with Gasteiger partial charge in [-0.05, 0) is 42.3 Å². The van der Waals surface area contributed by atoms with Crippen LogP contribution < -0.4 is 15.5 Å². The van der Waals surface area contributed by atoms with E-state index in [1.54, 1.807) is 7.05 Å². The summed E-state index contributed by atoms with van der Waals surface area (Å²) in [5.74, 6) is 0.115. The quantitative estimate of drug-likeness (QED) is 0.673. The van der Waals surface area contributed by atoms with Gasteiger partial charge in [-0.2, -0.15) is 0 Å². The molecule has 3 rings (SSSR count). The molecule has 0 radical (unpaired) electrons. The molecule has 124 valence electrons. The zero-order chi connectivity index (χ0) is 16.9. The summed E-state index contributed by atoms with van der Waals surface area (Å²) in [6, 6.07) is 13.8. The number of nitrogens with one attached hydrogen (secondary N) is 2. The fraction of sp³-hybridized carbons (Fsp3) is 0.222. The molecule has 0 spiro atoms. The molecule has 2 aromatic rings. The fourth-order valence-electron chi connectivity index (χ4n) is 2.75. The van der Waals surface area contributed by atoms with Crippen LogP contribution in [0, 0.1) is 5.82 Å². The Morgan fingerprint density at radius 3 is 2.71 bits per heavy atom. The summed E-state index contributed by atoms with van der Waals surface area (Å²) >= 11 is 0. The van der Waals surface area contributed by atoms with Crippen LogP contribution in [0.15, 0.2) is 53.5 Å². The monoisotopic (exact) mass is 326 g/mol. The lowest BCUT2D eigenvalue weighted by Crippen LogP contribution is -2.43. The number of amides is 1. The average Bonchev–Trinajstić information content (AvgIpc) is 3.02. The van der Waals surface area contributed by atoms with Gasteiger partial charge in [0.1, 0.15) is 5.82 Å². The number of rotatable bonds is 3. The number of anilines is 2. The van der Waals surface area contributed by atoms with Crippen LogP contribution in [0.1, 0.15) is 5.56 Å². The molecular formula is C18H19FN4O. The standard InChI is InChI=1S/C18H19FN4O/c1-20-18(23-11-10-13-4-2-3-5-16(13)23)21-12-17(24)22-15-8-6-14(19)7-9-15/h2-9H,10-12H2,1H3,(H,20,21)(H,22,24). The predicted molar refractivity (Wildman–Crippen MR) is 93.9 cm³/mol. The molecule has 1 aliphatic heterocycles. The van der Waals surface area contributed by atoms with Gasteiger partial charge >= 0.3 is 0 Å². The number of aliphatic imine (C=N–C) groups is 1. The molecule has 0 aliphatic carbocycles. The zero-order valence-corrected chi connectivity index (χ0v) is 13.4. The van der Waals surface area contributed by atoms with Crippen LogP contribution in [0.25, 0.3) is 0 Å². The first-order valence-corrected chi connectivity index (χ1v) is 7.79. The minimum atomic E-state index is -0.334. The molecular weight excluding hydrogens is 307 g/mol. The molecule has 1 amide bonds. The molecule has 1 aliphatic rings. The van der Waals surface area contributed by atoms with Crippen molar-refractivity contribution in [2.75, 3.05) is 30.4 Å². The number of guanidine groups is 1. The first-order valence-electron chi connectivity index (χ1n) is 7.79. The van der Waals surface area contributed by atoms with Crippen LogP contribution in [-0.2, 0) is 11.2 Å². The number of fused-ring (bicyclic) bond motifs is 1. The van der Waals surface area contributed by atoms with Gasteiger partial charge in [0, 0.05) is 25.0 Å². The highest BCUT2D eigenvalue weighted by molar-refractivity contribution is 6.01. The number of hydrogen-bond donors (Lipinski definition) is 2. The van der Waals surface area contributed by atoms with Crippen LogP contribution >= 0.6 is 0 Å². The summed E-state index contributed by atoms with van der Waals surface area (Å²) in [7, 11) is 1.70. The molecule has 0 aromatic heterocycles. The van der Waals surface area contributed by atoms with Gasteiger partial charge in [-0.15, -0.1) is 0 Å². The Bertz CT molecular complexity index is 758. The number of halogens is 1. The van der Waals surface area contributed by atoms with E-state index in [-0.39, 0.29) is 18.3 Å². The molecule has 0 unspecified atom stereocenters. The number of carbonyl (C=O) groups is 1. The summed E-state index contributed by atoms with van der Waals surface area (Å²) < 4.78 is 12.9. The Morgan fingerprint density at radius 1 is 1.21 bits per heavy atom. The van der Waals surface area contributed by atoms with Gasteiger partial charge in [0.2, 0.25) is 5.91 Å². The molecule has 6 heteroatoms. The van der Waals surface area contributed by atoms with E-state index in [1.165, 1.54) is 29.8 Å². The number of nitrogens with zero attached hydrogens (tertiary/aromatic N) is 2. The zero-order valence-electron chi connectivity index (χ0n) is 13.4. The van der Waals surface area contributed by atoms with Gasteiger partial charge in [0.05, 0.1) is 6.54 Å². The van der Waals surface area contributed by atoms with Gasteiger partial charge < -0.3 is 15.5 Å². The summed E-state index contributed by atoms with van der Waals surface area (Å²) in [5.41, 5.74) is 2.95. The van der Waals surface area contributed by atoms with E-state index in [9.17, 15) is 9.18 Å². The summed E-state index contributed by atoms with van der Waals surface area (Å²) in [6.07, 6.45) is 0.957. The molecule has 24 heavy (non-hydrogen) atoms. The van der Waals surface area contributed by atoms with Crippen LogP contribution in [0.4, 0.5) is 15.8 Å². The summed E-state index contributed by atoms with van der Waals surface area (Å²) in [5, 5.41) is 5.79. The average molecular weight is 326 g/mol. The smallest absolute Gasteiger partial charge is 0.243 e. The van der Waals surface area contributed by atoms with E-state index in [1.807, 2.05) is 18.2 Å². The van der Waals surface area contributed by atoms with Crippen molar-refractivity contribution in [3.05, 3.63) is 59.9 Å². The van der Waals surface area contributed by atoms with Crippen LogP contribution in [-0.4, -0.2) is 32.0 Å². The molecule has 5 nitrogen and oxygen atoms in total. The van der Waals surface area contributed by atoms with Crippen LogP contribution in [0.5, 0.6) is 0 Å². The molecule has 0 saturated heterocycles. The van der Waals surface area contributed by atoms with Crippen LogP contribution in [0.2, 0.25) is 0 Å². The van der Waals surface area contributed by atoms with Crippen molar-refractivity contribution in [1.29, 1.82) is 0 Å². The molecule has 0 atom stereocenters. The Balaban J connectivity index is 1.59. The van der Waals surface area contributed by atoms with Gasteiger partial charge in [-0.3, -0.25) is 9.79 Å². The maximum absolute atomic E-state index is 12.9. The molecule has 2 N–H and O–H groups in total. The lowest BCUT2D eigenvalue weighted by atomic mass is 10.2. The Labute approximate surface area is 140 Å². The number of benzene rings is 2. The third-order valence-electron chi connectivity index (χ3n) is 3.89. The second-order valence-corrected chi connectivity index (χ2v) is 5.49. The molecule has 0 bridgehead atoms. The highest BCUT2D eigenvalue weighted by Gasteiger charge is 2.22. The van der Waals surface area contributed by atoms with Crippen molar-refractivity contribution in [2.24, 2.45) is 4.99 Å². The van der Waals surface area contributed by atoms with Gasteiger partial charge in [-0.1, -0.05) is 18.2 Å². The van der Waals surface area contributed by atoms with Crippen molar-refractivity contribution in [3.8, 4) is 0 Å². The minimum Gasteiger partial charge on any atom is -0.347 e. The van der Waals surface area contributed by atoms with Crippen LogP contribution in [0.3, 0.4) is 0 Å². The van der Waals surface area contributed by atoms with Crippen molar-refractivity contribution in [3.63, 3.8) is 0 Å². The maximum atomic E-state index is 12.9. The number of hydrogen-bond acceptors (Lipinski definition) is 2. The fourth-order valence-corrected chi connectivity index (χ4v) is 2.75. The summed E-state index contributed by atoms with van der Waals surface area (Å²) in [4.78, 5) is 18.4. The van der Waals surface area contributed by atoms with Gasteiger partial charge in [0.25, 0.3) is 0 Å². The predicted octanol–water partition coefficient (Wildman–Crippen LogP) is 2.40. The Kier molecular flexibility index (Phi) is 4.74. The molecule has 0 fully saturated rings. The largest absolute Gasteiger partial charge is 0.347 e. The Morgan fingerprint density at radius 2 is 1.96 bits per heavy atom. The van der Waals surface area contributed by atoms with Crippen molar-refractivity contribution < 1.29 is 9.18 Å². The third kappa shape index (κ3) is 3.53. The van der Waals surface area contributed by atoms with E-state index >= 15 is 0 Å². The normalized spacial score (nSPS) is 13.6. The highest BCUT2D eigenvalue weighted by Crippen LogP contribution is 2.27. The van der Waals surface area contributed by atoms with Crippen molar-refractivity contribution >= 4 is 23.2 Å². The van der Waals surface area contributed by atoms with Gasteiger partial charge in [0.15, 0.2) is 5.96 Å². The molecule has 0 saturated carbocycles. The van der Waals surface area contributed by atoms with Crippen molar-refractivity contribution in [2.45, 2.75) is 6.42 Å². The molecule has 1 heterocycles. The lowest BCUT2D eigenvalue weighted by Gasteiger charge is -2.22.